The predicted molar refractivity (Wildman–Crippen MR) is 118 cm³/mol. The number of hydrogen-bond donors (Lipinski definition) is 0. The number of thioether (sulfide) groups is 1. The van der Waals surface area contributed by atoms with Gasteiger partial charge in [0.2, 0.25) is 0 Å². The summed E-state index contributed by atoms with van der Waals surface area (Å²) in [4.78, 5) is 18.1. The fourth-order valence-corrected chi connectivity index (χ4v) is 4.12. The van der Waals surface area contributed by atoms with Crippen LogP contribution in [0.5, 0.6) is 5.75 Å². The van der Waals surface area contributed by atoms with Gasteiger partial charge in [-0.2, -0.15) is 0 Å². The lowest BCUT2D eigenvalue weighted by molar-refractivity contribution is -0.141. The Morgan fingerprint density at radius 3 is 2.59 bits per heavy atom. The van der Waals surface area contributed by atoms with Gasteiger partial charge < -0.3 is 14.4 Å². The van der Waals surface area contributed by atoms with Crippen LogP contribution in [-0.2, 0) is 9.53 Å². The second-order valence-electron chi connectivity index (χ2n) is 7.40. The summed E-state index contributed by atoms with van der Waals surface area (Å²) in [5, 5.41) is 0. The Balaban J connectivity index is 1.63. The molecule has 2 aromatic carbocycles. The van der Waals surface area contributed by atoms with Crippen molar-refractivity contribution in [1.82, 2.24) is 9.80 Å². The number of amides is 1. The zero-order chi connectivity index (χ0) is 20.8. The van der Waals surface area contributed by atoms with Gasteiger partial charge in [-0.05, 0) is 50.1 Å². The number of carbonyl (C=O) groups excluding carboxylic acids is 1. The highest BCUT2D eigenvalue weighted by Crippen LogP contribution is 2.29. The third kappa shape index (κ3) is 5.53. The van der Waals surface area contributed by atoms with E-state index in [2.05, 4.69) is 24.1 Å². The van der Waals surface area contributed by atoms with Gasteiger partial charge in [0.15, 0.2) is 6.10 Å². The van der Waals surface area contributed by atoms with Crippen molar-refractivity contribution < 1.29 is 14.3 Å². The van der Waals surface area contributed by atoms with Crippen LogP contribution in [-0.4, -0.2) is 68.0 Å². The van der Waals surface area contributed by atoms with Crippen molar-refractivity contribution >= 4 is 17.7 Å². The Bertz CT molecular complexity index is 784. The van der Waals surface area contributed by atoms with Crippen molar-refractivity contribution in [3.8, 4) is 5.75 Å². The molecule has 0 aliphatic carbocycles. The maximum atomic E-state index is 12.9. The number of carbonyl (C=O) groups is 1. The largest absolute Gasteiger partial charge is 0.481 e. The monoisotopic (exact) mass is 414 g/mol. The van der Waals surface area contributed by atoms with Crippen molar-refractivity contribution in [2.75, 3.05) is 40.0 Å². The first-order valence-electron chi connectivity index (χ1n) is 9.92. The third-order valence-corrected chi connectivity index (χ3v) is 6.04. The van der Waals surface area contributed by atoms with E-state index in [-0.39, 0.29) is 18.1 Å². The Morgan fingerprint density at radius 1 is 1.24 bits per heavy atom. The smallest absolute Gasteiger partial charge is 0.263 e. The molecule has 0 saturated carbocycles. The molecule has 0 N–H and O–H groups in total. The maximum Gasteiger partial charge on any atom is 0.263 e. The van der Waals surface area contributed by atoms with Gasteiger partial charge in [-0.25, -0.2) is 0 Å². The lowest BCUT2D eigenvalue weighted by atomic mass is 9.98. The summed E-state index contributed by atoms with van der Waals surface area (Å²) in [6.45, 7) is 3.85. The van der Waals surface area contributed by atoms with E-state index >= 15 is 0 Å². The Labute approximate surface area is 178 Å². The van der Waals surface area contributed by atoms with Gasteiger partial charge in [0.05, 0.1) is 18.8 Å². The minimum atomic E-state index is -0.559. The second kappa shape index (κ2) is 10.1. The van der Waals surface area contributed by atoms with E-state index in [4.69, 9.17) is 9.47 Å². The molecule has 0 bridgehead atoms. The molecule has 3 atom stereocenters. The fourth-order valence-electron chi connectivity index (χ4n) is 3.71. The molecule has 0 aromatic heterocycles. The molecule has 1 fully saturated rings. The first-order valence-corrected chi connectivity index (χ1v) is 11.1. The molecular formula is C23H30N2O3S. The van der Waals surface area contributed by atoms with Crippen LogP contribution in [0.25, 0.3) is 0 Å². The molecule has 1 heterocycles. The topological polar surface area (TPSA) is 42.0 Å². The van der Waals surface area contributed by atoms with Gasteiger partial charge >= 0.3 is 0 Å². The average Bonchev–Trinajstić information content (AvgIpc) is 2.74. The van der Waals surface area contributed by atoms with Crippen molar-refractivity contribution in [1.29, 1.82) is 0 Å². The van der Waals surface area contributed by atoms with E-state index in [1.807, 2.05) is 55.8 Å². The summed E-state index contributed by atoms with van der Waals surface area (Å²) in [7, 11) is 3.93. The standard InChI is InChI=1S/C23H30N2O3S/c1-17(28-19-10-12-20(29-4)13-11-19)23(26)25(3)16-21-22(24(2)14-15-27-21)18-8-6-5-7-9-18/h5-13,17,21-22H,14-16H2,1-4H3/t17-,21-,22-/m0/s1. The molecule has 1 amide bonds. The Hall–Kier alpha value is -2.02. The molecule has 6 heteroatoms. The van der Waals surface area contributed by atoms with Gasteiger partial charge in [-0.3, -0.25) is 9.69 Å². The molecule has 3 rings (SSSR count). The normalized spacial score (nSPS) is 20.8. The molecule has 29 heavy (non-hydrogen) atoms. The number of morpholine rings is 1. The van der Waals surface area contributed by atoms with E-state index < -0.39 is 6.10 Å². The zero-order valence-electron chi connectivity index (χ0n) is 17.6. The summed E-state index contributed by atoms with van der Waals surface area (Å²) in [5.41, 5.74) is 1.21. The lowest BCUT2D eigenvalue weighted by Crippen LogP contribution is -2.50. The average molecular weight is 415 g/mol. The molecule has 5 nitrogen and oxygen atoms in total. The molecule has 2 aromatic rings. The van der Waals surface area contributed by atoms with Crippen LogP contribution in [0.1, 0.15) is 18.5 Å². The van der Waals surface area contributed by atoms with Crippen molar-refractivity contribution in [2.45, 2.75) is 30.1 Å². The van der Waals surface area contributed by atoms with E-state index in [1.165, 1.54) is 10.5 Å². The van der Waals surface area contributed by atoms with Gasteiger partial charge in [-0.15, -0.1) is 11.8 Å². The quantitative estimate of drug-likeness (QED) is 0.646. The summed E-state index contributed by atoms with van der Waals surface area (Å²) in [6, 6.07) is 18.3. The second-order valence-corrected chi connectivity index (χ2v) is 8.28. The highest BCUT2D eigenvalue weighted by molar-refractivity contribution is 7.98. The lowest BCUT2D eigenvalue weighted by Gasteiger charge is -2.41. The molecule has 156 valence electrons. The summed E-state index contributed by atoms with van der Waals surface area (Å²) in [6.07, 6.45) is 1.39. The zero-order valence-corrected chi connectivity index (χ0v) is 18.4. The van der Waals surface area contributed by atoms with Crippen molar-refractivity contribution in [3.05, 3.63) is 60.2 Å². The van der Waals surface area contributed by atoms with E-state index in [1.54, 1.807) is 23.6 Å². The number of likely N-dealkylation sites (N-methyl/N-ethyl adjacent to an activating group) is 2. The molecule has 0 spiro atoms. The first kappa shape index (κ1) is 21.7. The SMILES string of the molecule is CSc1ccc(O[C@@H](C)C(=O)N(C)C[C@@H]2OCCN(C)[C@H]2c2ccccc2)cc1. The number of rotatable bonds is 7. The van der Waals surface area contributed by atoms with Crippen LogP contribution >= 0.6 is 11.8 Å². The Kier molecular flexibility index (Phi) is 7.58. The van der Waals surface area contributed by atoms with E-state index in [9.17, 15) is 4.79 Å². The van der Waals surface area contributed by atoms with Gasteiger partial charge in [0.25, 0.3) is 5.91 Å². The highest BCUT2D eigenvalue weighted by atomic mass is 32.2. The number of benzene rings is 2. The first-order chi connectivity index (χ1) is 14.0. The number of hydrogen-bond acceptors (Lipinski definition) is 5. The van der Waals surface area contributed by atoms with Crippen molar-refractivity contribution in [2.24, 2.45) is 0 Å². The van der Waals surface area contributed by atoms with Crippen LogP contribution in [0.4, 0.5) is 0 Å². The van der Waals surface area contributed by atoms with Crippen LogP contribution in [0.3, 0.4) is 0 Å². The summed E-state index contributed by atoms with van der Waals surface area (Å²) < 4.78 is 11.9. The van der Waals surface area contributed by atoms with Crippen LogP contribution < -0.4 is 4.74 Å². The molecule has 1 aliphatic rings. The Morgan fingerprint density at radius 2 is 1.93 bits per heavy atom. The van der Waals surface area contributed by atoms with Crippen LogP contribution in [0.15, 0.2) is 59.5 Å². The summed E-state index contributed by atoms with van der Waals surface area (Å²) in [5.74, 6) is 0.649. The predicted octanol–water partition coefficient (Wildman–Crippen LogP) is 3.71. The number of nitrogens with zero attached hydrogens (tertiary/aromatic N) is 2. The maximum absolute atomic E-state index is 12.9. The summed E-state index contributed by atoms with van der Waals surface area (Å²) >= 11 is 1.68. The molecule has 1 aliphatic heterocycles. The fraction of sp³-hybridized carbons (Fsp3) is 0.435. The van der Waals surface area contributed by atoms with E-state index in [0.717, 1.165) is 6.54 Å². The third-order valence-electron chi connectivity index (χ3n) is 5.29. The molecular weight excluding hydrogens is 384 g/mol. The minimum absolute atomic E-state index is 0.0532. The molecule has 1 saturated heterocycles. The van der Waals surface area contributed by atoms with Crippen molar-refractivity contribution in [3.63, 3.8) is 0 Å². The van der Waals surface area contributed by atoms with Crippen LogP contribution in [0, 0.1) is 0 Å². The van der Waals surface area contributed by atoms with Crippen LogP contribution in [0.2, 0.25) is 0 Å². The molecule has 0 unspecified atom stereocenters. The number of ether oxygens (including phenoxy) is 2. The minimum Gasteiger partial charge on any atom is -0.481 e. The molecule has 0 radical (unpaired) electrons. The van der Waals surface area contributed by atoms with Gasteiger partial charge in [0.1, 0.15) is 5.75 Å². The highest BCUT2D eigenvalue weighted by Gasteiger charge is 2.33. The van der Waals surface area contributed by atoms with Gasteiger partial charge in [-0.1, -0.05) is 30.3 Å². The van der Waals surface area contributed by atoms with Gasteiger partial charge in [0, 0.05) is 25.0 Å². The van der Waals surface area contributed by atoms with E-state index in [0.29, 0.717) is 18.9 Å².